The monoisotopic (exact) mass is 395 g/mol. The van der Waals surface area contributed by atoms with E-state index < -0.39 is 0 Å². The first-order chi connectivity index (χ1) is 12.1. The number of hydrogen-bond donors (Lipinski definition) is 1. The molecule has 0 aliphatic carbocycles. The average Bonchev–Trinajstić information content (AvgIpc) is 3.11. The SMILES string of the molecule is S=C(Nc1cc(Cl)ccc1Cl)N(Cc1cccnc1)CC1CCCO1. The van der Waals surface area contributed by atoms with E-state index >= 15 is 0 Å². The molecule has 25 heavy (non-hydrogen) atoms. The predicted molar refractivity (Wildman–Crippen MR) is 106 cm³/mol. The first-order valence-electron chi connectivity index (χ1n) is 8.13. The smallest absolute Gasteiger partial charge is 0.173 e. The molecule has 0 spiro atoms. The van der Waals surface area contributed by atoms with Gasteiger partial charge in [0, 0.05) is 37.1 Å². The van der Waals surface area contributed by atoms with Crippen LogP contribution in [0.3, 0.4) is 0 Å². The lowest BCUT2D eigenvalue weighted by Crippen LogP contribution is -2.39. The second-order valence-corrected chi connectivity index (χ2v) is 7.16. The molecule has 1 aromatic heterocycles. The molecule has 1 unspecified atom stereocenters. The zero-order valence-corrected chi connectivity index (χ0v) is 15.9. The minimum Gasteiger partial charge on any atom is -0.376 e. The lowest BCUT2D eigenvalue weighted by Gasteiger charge is -2.28. The zero-order valence-electron chi connectivity index (χ0n) is 13.6. The van der Waals surface area contributed by atoms with Gasteiger partial charge < -0.3 is 15.0 Å². The van der Waals surface area contributed by atoms with Gasteiger partial charge in [0.2, 0.25) is 0 Å². The first-order valence-corrected chi connectivity index (χ1v) is 9.30. The summed E-state index contributed by atoms with van der Waals surface area (Å²) in [5, 5.41) is 4.98. The number of nitrogens with zero attached hydrogens (tertiary/aromatic N) is 2. The van der Waals surface area contributed by atoms with Crippen molar-refractivity contribution in [2.75, 3.05) is 18.5 Å². The van der Waals surface area contributed by atoms with Crippen molar-refractivity contribution in [1.29, 1.82) is 0 Å². The Hall–Kier alpha value is -1.40. The predicted octanol–water partition coefficient (Wildman–Crippen LogP) is 4.77. The van der Waals surface area contributed by atoms with Gasteiger partial charge in [-0.05, 0) is 54.9 Å². The summed E-state index contributed by atoms with van der Waals surface area (Å²) in [5.74, 6) is 0. The van der Waals surface area contributed by atoms with Gasteiger partial charge in [-0.25, -0.2) is 0 Å². The van der Waals surface area contributed by atoms with Crippen LogP contribution in [0, 0.1) is 0 Å². The third-order valence-corrected chi connectivity index (χ3v) is 4.93. The topological polar surface area (TPSA) is 37.4 Å². The largest absolute Gasteiger partial charge is 0.376 e. The summed E-state index contributed by atoms with van der Waals surface area (Å²) in [6.07, 6.45) is 5.93. The van der Waals surface area contributed by atoms with Crippen molar-refractivity contribution in [2.45, 2.75) is 25.5 Å². The van der Waals surface area contributed by atoms with Gasteiger partial charge in [-0.2, -0.15) is 0 Å². The second kappa shape index (κ2) is 8.81. The average molecular weight is 396 g/mol. The molecule has 1 aromatic carbocycles. The van der Waals surface area contributed by atoms with Crippen LogP contribution in [0.25, 0.3) is 0 Å². The standard InChI is InChI=1S/C18H19Cl2N3OS/c19-14-5-6-16(20)17(9-14)22-18(25)23(12-15-4-2-8-24-15)11-13-3-1-7-21-10-13/h1,3,5-7,9-10,15H,2,4,8,11-12H2,(H,22,25). The molecule has 3 rings (SSSR count). The summed E-state index contributed by atoms with van der Waals surface area (Å²) in [5.41, 5.74) is 1.78. The maximum atomic E-state index is 6.24. The van der Waals surface area contributed by atoms with Gasteiger partial charge in [-0.15, -0.1) is 0 Å². The summed E-state index contributed by atoms with van der Waals surface area (Å²) in [4.78, 5) is 6.26. The lowest BCUT2D eigenvalue weighted by molar-refractivity contribution is 0.0905. The van der Waals surface area contributed by atoms with E-state index in [-0.39, 0.29) is 6.10 Å². The first kappa shape index (κ1) is 18.4. The molecule has 1 aliphatic heterocycles. The molecular weight excluding hydrogens is 377 g/mol. The number of pyridine rings is 1. The van der Waals surface area contributed by atoms with E-state index in [4.69, 9.17) is 40.2 Å². The maximum Gasteiger partial charge on any atom is 0.173 e. The van der Waals surface area contributed by atoms with E-state index in [1.807, 2.05) is 18.3 Å². The van der Waals surface area contributed by atoms with Crippen molar-refractivity contribution >= 4 is 46.2 Å². The number of benzene rings is 1. The molecule has 0 radical (unpaired) electrons. The van der Waals surface area contributed by atoms with Crippen LogP contribution in [0.1, 0.15) is 18.4 Å². The van der Waals surface area contributed by atoms with E-state index in [0.717, 1.165) is 31.6 Å². The number of rotatable bonds is 5. The Labute approximate surface area is 163 Å². The molecule has 1 fully saturated rings. The fourth-order valence-electron chi connectivity index (χ4n) is 2.75. The molecule has 132 valence electrons. The Balaban J connectivity index is 1.74. The normalized spacial score (nSPS) is 16.6. The second-order valence-electron chi connectivity index (χ2n) is 5.93. The highest BCUT2D eigenvalue weighted by Gasteiger charge is 2.21. The van der Waals surface area contributed by atoms with Crippen molar-refractivity contribution < 1.29 is 4.74 Å². The third kappa shape index (κ3) is 5.28. The number of aromatic nitrogens is 1. The van der Waals surface area contributed by atoms with Crippen molar-refractivity contribution in [3.8, 4) is 0 Å². The van der Waals surface area contributed by atoms with Crippen molar-refractivity contribution in [3.63, 3.8) is 0 Å². The Morgan fingerprint density at radius 1 is 1.36 bits per heavy atom. The summed E-state index contributed by atoms with van der Waals surface area (Å²) >= 11 is 17.9. The maximum absolute atomic E-state index is 6.24. The van der Waals surface area contributed by atoms with Crippen LogP contribution in [0.15, 0.2) is 42.7 Å². The summed E-state index contributed by atoms with van der Waals surface area (Å²) in [6.45, 7) is 2.18. The number of thiocarbonyl (C=S) groups is 1. The zero-order chi connectivity index (χ0) is 17.6. The highest BCUT2D eigenvalue weighted by Crippen LogP contribution is 2.26. The minimum absolute atomic E-state index is 0.186. The molecule has 1 N–H and O–H groups in total. The molecule has 1 saturated heterocycles. The third-order valence-electron chi connectivity index (χ3n) is 4.00. The van der Waals surface area contributed by atoms with E-state index in [9.17, 15) is 0 Å². The van der Waals surface area contributed by atoms with E-state index in [0.29, 0.717) is 27.4 Å². The van der Waals surface area contributed by atoms with Gasteiger partial charge in [0.15, 0.2) is 5.11 Å². The van der Waals surface area contributed by atoms with Gasteiger partial charge in [0.05, 0.1) is 16.8 Å². The van der Waals surface area contributed by atoms with Crippen LogP contribution in [0.2, 0.25) is 10.0 Å². The lowest BCUT2D eigenvalue weighted by atomic mass is 10.2. The van der Waals surface area contributed by atoms with Gasteiger partial charge >= 0.3 is 0 Å². The molecule has 0 bridgehead atoms. The Morgan fingerprint density at radius 2 is 2.24 bits per heavy atom. The number of anilines is 1. The fraction of sp³-hybridized carbons (Fsp3) is 0.333. The molecule has 1 atom stereocenters. The molecular formula is C18H19Cl2N3OS. The molecule has 7 heteroatoms. The van der Waals surface area contributed by atoms with Crippen LogP contribution < -0.4 is 5.32 Å². The van der Waals surface area contributed by atoms with Gasteiger partial charge in [-0.1, -0.05) is 29.3 Å². The van der Waals surface area contributed by atoms with E-state index in [2.05, 4.69) is 15.2 Å². The highest BCUT2D eigenvalue weighted by atomic mass is 35.5. The van der Waals surface area contributed by atoms with Crippen LogP contribution in [-0.4, -0.2) is 34.3 Å². The van der Waals surface area contributed by atoms with Gasteiger partial charge in [0.25, 0.3) is 0 Å². The number of hydrogen-bond acceptors (Lipinski definition) is 3. The Morgan fingerprint density at radius 3 is 2.96 bits per heavy atom. The van der Waals surface area contributed by atoms with Crippen molar-refractivity contribution in [2.24, 2.45) is 0 Å². The number of nitrogens with one attached hydrogen (secondary N) is 1. The molecule has 1 aliphatic rings. The Kier molecular flexibility index (Phi) is 6.48. The summed E-state index contributed by atoms with van der Waals surface area (Å²) < 4.78 is 5.77. The highest BCUT2D eigenvalue weighted by molar-refractivity contribution is 7.80. The van der Waals surface area contributed by atoms with Crippen molar-refractivity contribution in [3.05, 3.63) is 58.3 Å². The molecule has 0 saturated carbocycles. The van der Waals surface area contributed by atoms with Crippen LogP contribution in [-0.2, 0) is 11.3 Å². The van der Waals surface area contributed by atoms with Crippen LogP contribution in [0.5, 0.6) is 0 Å². The number of halogens is 2. The van der Waals surface area contributed by atoms with Gasteiger partial charge in [-0.3, -0.25) is 4.98 Å². The minimum atomic E-state index is 0.186. The molecule has 0 amide bonds. The molecule has 4 nitrogen and oxygen atoms in total. The van der Waals surface area contributed by atoms with Crippen molar-refractivity contribution in [1.82, 2.24) is 9.88 Å². The Bertz CT molecular complexity index is 724. The summed E-state index contributed by atoms with van der Waals surface area (Å²) in [6, 6.07) is 9.22. The summed E-state index contributed by atoms with van der Waals surface area (Å²) in [7, 11) is 0. The molecule has 2 aromatic rings. The van der Waals surface area contributed by atoms with Crippen LogP contribution >= 0.6 is 35.4 Å². The number of ether oxygens (including phenoxy) is 1. The molecule has 2 heterocycles. The van der Waals surface area contributed by atoms with E-state index in [1.165, 1.54) is 0 Å². The van der Waals surface area contributed by atoms with E-state index in [1.54, 1.807) is 24.4 Å². The fourth-order valence-corrected chi connectivity index (χ4v) is 3.34. The quantitative estimate of drug-likeness (QED) is 0.738. The van der Waals surface area contributed by atoms with Crippen LogP contribution in [0.4, 0.5) is 5.69 Å². The van der Waals surface area contributed by atoms with Gasteiger partial charge in [0.1, 0.15) is 0 Å².